The Labute approximate surface area is 136 Å². The smallest absolute Gasteiger partial charge is 0.225 e. The van der Waals surface area contributed by atoms with E-state index >= 15 is 0 Å². The van der Waals surface area contributed by atoms with Crippen molar-refractivity contribution >= 4 is 52.2 Å². The molecule has 5 nitrogen and oxygen atoms in total. The van der Waals surface area contributed by atoms with E-state index in [9.17, 15) is 4.79 Å². The molecule has 0 aliphatic carbocycles. The number of aromatic nitrogens is 2. The highest BCUT2D eigenvalue weighted by Crippen LogP contribution is 2.33. The third kappa shape index (κ3) is 4.56. The van der Waals surface area contributed by atoms with Gasteiger partial charge in [-0.1, -0.05) is 23.2 Å². The molecule has 112 valence electrons. The van der Waals surface area contributed by atoms with Crippen molar-refractivity contribution in [1.29, 1.82) is 0 Å². The van der Waals surface area contributed by atoms with Crippen LogP contribution in [0.3, 0.4) is 0 Å². The molecular formula is C13H14Cl2N4OS. The molecule has 2 aromatic rings. The summed E-state index contributed by atoms with van der Waals surface area (Å²) in [6.07, 6.45) is 4.00. The monoisotopic (exact) mass is 344 g/mol. The molecule has 0 atom stereocenters. The molecule has 0 saturated carbocycles. The number of nitrogens with zero attached hydrogens (tertiary/aromatic N) is 2. The number of nitrogen functional groups attached to an aromatic ring is 1. The van der Waals surface area contributed by atoms with Gasteiger partial charge in [0, 0.05) is 36.0 Å². The zero-order chi connectivity index (χ0) is 15.4. The fourth-order valence-corrected chi connectivity index (χ4v) is 3.12. The Kier molecular flexibility index (Phi) is 5.39. The minimum Gasteiger partial charge on any atom is -0.399 e. The molecule has 0 spiro atoms. The van der Waals surface area contributed by atoms with Crippen molar-refractivity contribution < 1.29 is 4.79 Å². The van der Waals surface area contributed by atoms with E-state index in [1.807, 2.05) is 13.2 Å². The topological polar surface area (TPSA) is 72.9 Å². The van der Waals surface area contributed by atoms with Crippen LogP contribution in [0.25, 0.3) is 0 Å². The number of amides is 1. The van der Waals surface area contributed by atoms with E-state index in [0.717, 1.165) is 4.90 Å². The number of thioether (sulfide) groups is 1. The molecule has 1 amide bonds. The highest BCUT2D eigenvalue weighted by molar-refractivity contribution is 7.99. The first kappa shape index (κ1) is 16.0. The van der Waals surface area contributed by atoms with Crippen molar-refractivity contribution in [2.45, 2.75) is 11.3 Å². The molecule has 1 aromatic carbocycles. The molecular weight excluding hydrogens is 331 g/mol. The minimum absolute atomic E-state index is 0.153. The van der Waals surface area contributed by atoms with Crippen LogP contribution in [0.2, 0.25) is 10.0 Å². The molecule has 1 aromatic heterocycles. The molecule has 2 rings (SSSR count). The number of benzene rings is 1. The van der Waals surface area contributed by atoms with Crippen molar-refractivity contribution in [1.82, 2.24) is 9.78 Å². The molecule has 0 bridgehead atoms. The van der Waals surface area contributed by atoms with Crippen molar-refractivity contribution in [3.8, 4) is 0 Å². The van der Waals surface area contributed by atoms with Crippen LogP contribution in [0.1, 0.15) is 6.42 Å². The zero-order valence-electron chi connectivity index (χ0n) is 11.3. The SMILES string of the molecule is Cn1cc(SCCC(=O)Nc2c(Cl)cc(N)cc2Cl)cn1. The standard InChI is InChI=1S/C13H14Cl2N4OS/c1-19-7-9(6-17-19)21-3-2-12(20)18-13-10(14)4-8(16)5-11(13)15/h4-7H,2-3,16H2,1H3,(H,18,20). The third-order valence-electron chi connectivity index (χ3n) is 2.61. The minimum atomic E-state index is -0.153. The Morgan fingerprint density at radius 1 is 1.43 bits per heavy atom. The van der Waals surface area contributed by atoms with Crippen LogP contribution < -0.4 is 11.1 Å². The summed E-state index contributed by atoms with van der Waals surface area (Å²) in [5, 5.41) is 7.42. The Morgan fingerprint density at radius 2 is 2.10 bits per heavy atom. The summed E-state index contributed by atoms with van der Waals surface area (Å²) in [7, 11) is 1.85. The number of hydrogen-bond acceptors (Lipinski definition) is 4. The maximum atomic E-state index is 11.9. The third-order valence-corrected chi connectivity index (χ3v) is 4.16. The number of nitrogens with two attached hydrogens (primary N) is 1. The second kappa shape index (κ2) is 7.06. The molecule has 8 heteroatoms. The van der Waals surface area contributed by atoms with Crippen molar-refractivity contribution in [2.24, 2.45) is 7.05 Å². The number of halogens is 2. The van der Waals surface area contributed by atoms with Crippen LogP contribution in [0, 0.1) is 0 Å². The Bertz CT molecular complexity index is 636. The van der Waals surface area contributed by atoms with Gasteiger partial charge in [0.15, 0.2) is 0 Å². The van der Waals surface area contributed by atoms with Gasteiger partial charge in [0.2, 0.25) is 5.91 Å². The maximum absolute atomic E-state index is 11.9. The van der Waals surface area contributed by atoms with Crippen molar-refractivity contribution in [2.75, 3.05) is 16.8 Å². The van der Waals surface area contributed by atoms with E-state index < -0.39 is 0 Å². The Morgan fingerprint density at radius 3 is 2.67 bits per heavy atom. The van der Waals surface area contributed by atoms with Crippen molar-refractivity contribution in [3.63, 3.8) is 0 Å². The number of nitrogens with one attached hydrogen (secondary N) is 1. The lowest BCUT2D eigenvalue weighted by Gasteiger charge is -2.10. The number of anilines is 2. The normalized spacial score (nSPS) is 10.6. The number of hydrogen-bond donors (Lipinski definition) is 2. The first-order chi connectivity index (χ1) is 9.95. The number of aryl methyl sites for hydroxylation is 1. The zero-order valence-corrected chi connectivity index (χ0v) is 13.6. The van der Waals surface area contributed by atoms with Crippen LogP contribution in [0.15, 0.2) is 29.4 Å². The van der Waals surface area contributed by atoms with Gasteiger partial charge in [0.05, 0.1) is 21.9 Å². The average Bonchev–Trinajstić information content (AvgIpc) is 2.79. The fourth-order valence-electron chi connectivity index (χ4n) is 1.65. The first-order valence-corrected chi connectivity index (χ1v) is 7.85. The van der Waals surface area contributed by atoms with E-state index in [0.29, 0.717) is 33.6 Å². The largest absolute Gasteiger partial charge is 0.399 e. The predicted octanol–water partition coefficient (Wildman–Crippen LogP) is 3.43. The van der Waals surface area contributed by atoms with Crippen LogP contribution >= 0.6 is 35.0 Å². The van der Waals surface area contributed by atoms with Crippen LogP contribution in [-0.2, 0) is 11.8 Å². The predicted molar refractivity (Wildman–Crippen MR) is 88.1 cm³/mol. The van der Waals surface area contributed by atoms with E-state index in [1.165, 1.54) is 0 Å². The fraction of sp³-hybridized carbons (Fsp3) is 0.231. The molecule has 21 heavy (non-hydrogen) atoms. The molecule has 1 heterocycles. The second-order valence-corrected chi connectivity index (χ2v) is 6.34. The average molecular weight is 345 g/mol. The summed E-state index contributed by atoms with van der Waals surface area (Å²) < 4.78 is 1.72. The van der Waals surface area contributed by atoms with E-state index in [4.69, 9.17) is 28.9 Å². The van der Waals surface area contributed by atoms with Gasteiger partial charge in [-0.05, 0) is 12.1 Å². The molecule has 0 aliphatic rings. The summed E-state index contributed by atoms with van der Waals surface area (Å²) in [6.45, 7) is 0. The molecule has 0 fully saturated rings. The van der Waals surface area contributed by atoms with Gasteiger partial charge in [-0.2, -0.15) is 5.10 Å². The molecule has 0 unspecified atom stereocenters. The summed E-state index contributed by atoms with van der Waals surface area (Å²) in [4.78, 5) is 12.9. The molecule has 0 radical (unpaired) electrons. The van der Waals surface area contributed by atoms with E-state index in [2.05, 4.69) is 10.4 Å². The van der Waals surface area contributed by atoms with Gasteiger partial charge in [0.25, 0.3) is 0 Å². The summed E-state index contributed by atoms with van der Waals surface area (Å²) in [5.41, 5.74) is 6.46. The second-order valence-electron chi connectivity index (χ2n) is 4.36. The Balaban J connectivity index is 1.87. The van der Waals surface area contributed by atoms with Gasteiger partial charge in [0.1, 0.15) is 0 Å². The summed E-state index contributed by atoms with van der Waals surface area (Å²) >= 11 is 13.6. The van der Waals surface area contributed by atoms with E-state index in [1.54, 1.807) is 34.8 Å². The Hall–Kier alpha value is -1.37. The van der Waals surface area contributed by atoms with Gasteiger partial charge in [-0.3, -0.25) is 9.48 Å². The van der Waals surface area contributed by atoms with Gasteiger partial charge in [-0.15, -0.1) is 11.8 Å². The molecule has 0 aliphatic heterocycles. The summed E-state index contributed by atoms with van der Waals surface area (Å²) in [5.74, 6) is 0.488. The highest BCUT2D eigenvalue weighted by Gasteiger charge is 2.11. The van der Waals surface area contributed by atoms with Crippen molar-refractivity contribution in [3.05, 3.63) is 34.6 Å². The molecule has 3 N–H and O–H groups in total. The first-order valence-electron chi connectivity index (χ1n) is 6.11. The number of rotatable bonds is 5. The van der Waals surface area contributed by atoms with Gasteiger partial charge < -0.3 is 11.1 Å². The van der Waals surface area contributed by atoms with Crippen LogP contribution in [0.4, 0.5) is 11.4 Å². The van der Waals surface area contributed by atoms with Crippen LogP contribution in [0.5, 0.6) is 0 Å². The number of carbonyl (C=O) groups is 1. The van der Waals surface area contributed by atoms with Gasteiger partial charge in [-0.25, -0.2) is 0 Å². The van der Waals surface area contributed by atoms with E-state index in [-0.39, 0.29) is 5.91 Å². The lowest BCUT2D eigenvalue weighted by molar-refractivity contribution is -0.115. The lowest BCUT2D eigenvalue weighted by Crippen LogP contribution is -2.13. The highest BCUT2D eigenvalue weighted by atomic mass is 35.5. The van der Waals surface area contributed by atoms with Gasteiger partial charge >= 0.3 is 0 Å². The lowest BCUT2D eigenvalue weighted by atomic mass is 10.2. The molecule has 0 saturated heterocycles. The maximum Gasteiger partial charge on any atom is 0.225 e. The quantitative estimate of drug-likeness (QED) is 0.643. The number of carbonyl (C=O) groups excluding carboxylic acids is 1. The van der Waals surface area contributed by atoms with Crippen LogP contribution in [-0.4, -0.2) is 21.4 Å². The summed E-state index contributed by atoms with van der Waals surface area (Å²) in [6, 6.07) is 3.10.